The fourth-order valence-corrected chi connectivity index (χ4v) is 3.39. The molecule has 0 saturated heterocycles. The standard InChI is InChI=1S/C23H28F2N4O3.HI/c1-3-26-23(28-14-17-13-16(2)9-10-19(17)32-22(24)25)27-11-6-12-29-18-7-4-5-8-20(18)31-15-21(29)30;/h4-5,7-10,13,22H,3,6,11-12,14-15H2,1-2H3,(H2,26,27,28);1H. The number of nitrogens with zero attached hydrogens (tertiary/aromatic N) is 2. The first kappa shape index (κ1) is 26.6. The predicted molar refractivity (Wildman–Crippen MR) is 135 cm³/mol. The summed E-state index contributed by atoms with van der Waals surface area (Å²) in [6, 6.07) is 12.5. The van der Waals surface area contributed by atoms with Gasteiger partial charge in [0, 0.05) is 25.2 Å². The van der Waals surface area contributed by atoms with Crippen LogP contribution < -0.4 is 25.0 Å². The van der Waals surface area contributed by atoms with Crippen molar-refractivity contribution < 1.29 is 23.0 Å². The Morgan fingerprint density at radius 1 is 1.24 bits per heavy atom. The van der Waals surface area contributed by atoms with Crippen molar-refractivity contribution in [1.29, 1.82) is 0 Å². The van der Waals surface area contributed by atoms with Crippen molar-refractivity contribution in [3.63, 3.8) is 0 Å². The third-order valence-corrected chi connectivity index (χ3v) is 4.84. The number of amides is 1. The topological polar surface area (TPSA) is 75.2 Å². The van der Waals surface area contributed by atoms with Gasteiger partial charge in [-0.3, -0.25) is 4.79 Å². The van der Waals surface area contributed by atoms with Gasteiger partial charge in [0.25, 0.3) is 5.91 Å². The number of ether oxygens (including phenoxy) is 2. The van der Waals surface area contributed by atoms with Crippen LogP contribution in [-0.2, 0) is 11.3 Å². The highest BCUT2D eigenvalue weighted by Gasteiger charge is 2.24. The van der Waals surface area contributed by atoms with Gasteiger partial charge in [-0.25, -0.2) is 4.99 Å². The molecule has 10 heteroatoms. The number of hydrogen-bond acceptors (Lipinski definition) is 4. The summed E-state index contributed by atoms with van der Waals surface area (Å²) in [6.07, 6.45) is 0.689. The van der Waals surface area contributed by atoms with Gasteiger partial charge in [0.15, 0.2) is 12.6 Å². The third kappa shape index (κ3) is 7.72. The average Bonchev–Trinajstić information content (AvgIpc) is 2.77. The largest absolute Gasteiger partial charge is 0.482 e. The molecule has 0 atom stereocenters. The van der Waals surface area contributed by atoms with Gasteiger partial charge < -0.3 is 25.0 Å². The number of carbonyl (C=O) groups excluding carboxylic acids is 1. The summed E-state index contributed by atoms with van der Waals surface area (Å²) in [7, 11) is 0. The quantitative estimate of drug-likeness (QED) is 0.205. The van der Waals surface area contributed by atoms with Crippen LogP contribution in [0.5, 0.6) is 11.5 Å². The van der Waals surface area contributed by atoms with Crippen LogP contribution in [0.25, 0.3) is 0 Å². The van der Waals surface area contributed by atoms with E-state index >= 15 is 0 Å². The lowest BCUT2D eigenvalue weighted by molar-refractivity contribution is -0.121. The molecule has 0 unspecified atom stereocenters. The Hall–Kier alpha value is -2.63. The van der Waals surface area contributed by atoms with E-state index in [4.69, 9.17) is 4.74 Å². The van der Waals surface area contributed by atoms with Crippen molar-refractivity contribution in [2.75, 3.05) is 31.1 Å². The summed E-state index contributed by atoms with van der Waals surface area (Å²) < 4.78 is 35.4. The van der Waals surface area contributed by atoms with Crippen molar-refractivity contribution in [3.05, 3.63) is 53.6 Å². The Morgan fingerprint density at radius 2 is 2.03 bits per heavy atom. The number of guanidine groups is 1. The number of carbonyl (C=O) groups is 1. The van der Waals surface area contributed by atoms with Gasteiger partial charge in [-0.1, -0.05) is 29.8 Å². The van der Waals surface area contributed by atoms with Gasteiger partial charge in [-0.15, -0.1) is 24.0 Å². The molecule has 0 saturated carbocycles. The fraction of sp³-hybridized carbons (Fsp3) is 0.391. The van der Waals surface area contributed by atoms with E-state index in [0.717, 1.165) is 11.3 Å². The van der Waals surface area contributed by atoms with Crippen LogP contribution >= 0.6 is 24.0 Å². The van der Waals surface area contributed by atoms with E-state index < -0.39 is 6.61 Å². The second-order valence-electron chi connectivity index (χ2n) is 7.27. The first-order valence-corrected chi connectivity index (χ1v) is 10.6. The van der Waals surface area contributed by atoms with Crippen molar-refractivity contribution >= 4 is 41.5 Å². The zero-order chi connectivity index (χ0) is 22.9. The van der Waals surface area contributed by atoms with Gasteiger partial charge in [-0.05, 0) is 38.5 Å². The molecular formula is C23H29F2IN4O3. The van der Waals surface area contributed by atoms with Crippen LogP contribution in [0, 0.1) is 6.92 Å². The molecule has 0 spiro atoms. The number of alkyl halides is 2. The number of aliphatic imine (C=N–C) groups is 1. The average molecular weight is 574 g/mol. The Labute approximate surface area is 209 Å². The number of hydrogen-bond donors (Lipinski definition) is 2. The molecule has 0 aliphatic carbocycles. The summed E-state index contributed by atoms with van der Waals surface area (Å²) in [4.78, 5) is 18.5. The summed E-state index contributed by atoms with van der Waals surface area (Å²) in [6.45, 7) is 2.92. The number of halogens is 3. The molecule has 33 heavy (non-hydrogen) atoms. The molecule has 0 bridgehead atoms. The van der Waals surface area contributed by atoms with Crippen molar-refractivity contribution in [2.45, 2.75) is 33.4 Å². The summed E-state index contributed by atoms with van der Waals surface area (Å²) in [5, 5.41) is 6.36. The van der Waals surface area contributed by atoms with Gasteiger partial charge in [-0.2, -0.15) is 8.78 Å². The monoisotopic (exact) mass is 574 g/mol. The molecule has 1 aliphatic rings. The summed E-state index contributed by atoms with van der Waals surface area (Å²) >= 11 is 0. The predicted octanol–water partition coefficient (Wildman–Crippen LogP) is 4.09. The van der Waals surface area contributed by atoms with E-state index in [2.05, 4.69) is 20.4 Å². The maximum Gasteiger partial charge on any atom is 0.387 e. The van der Waals surface area contributed by atoms with E-state index in [-0.39, 0.29) is 48.8 Å². The van der Waals surface area contributed by atoms with Crippen LogP contribution in [0.1, 0.15) is 24.5 Å². The number of rotatable bonds is 9. The number of aryl methyl sites for hydroxylation is 1. The van der Waals surface area contributed by atoms with Crippen LogP contribution in [0.4, 0.5) is 14.5 Å². The van der Waals surface area contributed by atoms with E-state index in [9.17, 15) is 13.6 Å². The van der Waals surface area contributed by atoms with Gasteiger partial charge in [0.05, 0.1) is 12.2 Å². The Balaban J connectivity index is 0.00000385. The number of anilines is 1. The van der Waals surface area contributed by atoms with Crippen LogP contribution in [0.2, 0.25) is 0 Å². The molecule has 0 aromatic heterocycles. The molecule has 0 fully saturated rings. The zero-order valence-corrected chi connectivity index (χ0v) is 21.0. The van der Waals surface area contributed by atoms with Gasteiger partial charge >= 0.3 is 6.61 Å². The molecule has 2 aromatic rings. The normalized spacial score (nSPS) is 13.2. The molecular weight excluding hydrogens is 545 g/mol. The fourth-order valence-electron chi connectivity index (χ4n) is 3.39. The van der Waals surface area contributed by atoms with E-state index in [1.807, 2.05) is 38.1 Å². The minimum Gasteiger partial charge on any atom is -0.482 e. The lowest BCUT2D eigenvalue weighted by Crippen LogP contribution is -2.42. The van der Waals surface area contributed by atoms with Gasteiger partial charge in [0.2, 0.25) is 0 Å². The SMILES string of the molecule is CCNC(=NCc1cc(C)ccc1OC(F)F)NCCCN1C(=O)COc2ccccc21.I. The second-order valence-corrected chi connectivity index (χ2v) is 7.27. The van der Waals surface area contributed by atoms with Gasteiger partial charge in [0.1, 0.15) is 11.5 Å². The summed E-state index contributed by atoms with van der Waals surface area (Å²) in [5.41, 5.74) is 2.29. The van der Waals surface area contributed by atoms with Crippen molar-refractivity contribution in [2.24, 2.45) is 4.99 Å². The highest BCUT2D eigenvalue weighted by molar-refractivity contribution is 14.0. The third-order valence-electron chi connectivity index (χ3n) is 4.84. The van der Waals surface area contributed by atoms with Crippen LogP contribution in [0.15, 0.2) is 47.5 Å². The number of nitrogens with one attached hydrogen (secondary N) is 2. The smallest absolute Gasteiger partial charge is 0.387 e. The highest BCUT2D eigenvalue weighted by Crippen LogP contribution is 2.31. The molecule has 2 aromatic carbocycles. The van der Waals surface area contributed by atoms with E-state index in [1.165, 1.54) is 6.07 Å². The van der Waals surface area contributed by atoms with E-state index in [0.29, 0.717) is 43.3 Å². The van der Waals surface area contributed by atoms with Crippen molar-refractivity contribution in [1.82, 2.24) is 10.6 Å². The van der Waals surface area contributed by atoms with Crippen molar-refractivity contribution in [3.8, 4) is 11.5 Å². The molecule has 7 nitrogen and oxygen atoms in total. The first-order chi connectivity index (χ1) is 15.5. The minimum absolute atomic E-state index is 0. The lowest BCUT2D eigenvalue weighted by Gasteiger charge is -2.29. The Morgan fingerprint density at radius 3 is 2.79 bits per heavy atom. The minimum atomic E-state index is -2.89. The molecule has 3 rings (SSSR count). The second kappa shape index (κ2) is 13.2. The zero-order valence-electron chi connectivity index (χ0n) is 18.6. The molecule has 2 N–H and O–H groups in total. The first-order valence-electron chi connectivity index (χ1n) is 10.6. The molecule has 1 amide bonds. The lowest BCUT2D eigenvalue weighted by atomic mass is 10.1. The maximum absolute atomic E-state index is 12.7. The van der Waals surface area contributed by atoms with Crippen LogP contribution in [0.3, 0.4) is 0 Å². The molecule has 1 heterocycles. The summed E-state index contributed by atoms with van der Waals surface area (Å²) in [5.74, 6) is 1.31. The number of benzene rings is 2. The number of para-hydroxylation sites is 2. The number of fused-ring (bicyclic) bond motifs is 1. The Bertz CT molecular complexity index is 959. The maximum atomic E-state index is 12.7. The molecule has 1 aliphatic heterocycles. The molecule has 0 radical (unpaired) electrons. The van der Waals surface area contributed by atoms with E-state index in [1.54, 1.807) is 17.0 Å². The highest BCUT2D eigenvalue weighted by atomic mass is 127. The Kier molecular flexibility index (Phi) is 10.6. The molecule has 180 valence electrons. The van der Waals surface area contributed by atoms with Crippen LogP contribution in [-0.4, -0.2) is 44.7 Å².